The number of H-pyrrole nitrogens is 1. The lowest BCUT2D eigenvalue weighted by molar-refractivity contribution is 1.36. The van der Waals surface area contributed by atoms with Gasteiger partial charge in [0, 0.05) is 40.1 Å². The van der Waals surface area contributed by atoms with E-state index in [1.165, 1.54) is 0 Å². The van der Waals surface area contributed by atoms with Gasteiger partial charge in [0.05, 0.1) is 16.8 Å². The predicted octanol–water partition coefficient (Wildman–Crippen LogP) is 3.91. The molecule has 4 aromatic rings. The lowest BCUT2D eigenvalue weighted by Gasteiger charge is -2.12. The molecule has 0 saturated carbocycles. The Bertz CT molecular complexity index is 1070. The number of hydrogen-bond acceptors (Lipinski definition) is 4. The van der Waals surface area contributed by atoms with Gasteiger partial charge >= 0.3 is 0 Å². The first-order valence-electron chi connectivity index (χ1n) is 7.17. The molecule has 5 heteroatoms. The van der Waals surface area contributed by atoms with Gasteiger partial charge < -0.3 is 16.0 Å². The summed E-state index contributed by atoms with van der Waals surface area (Å²) < 4.78 is 0. The maximum Gasteiger partial charge on any atom is 0.103 e. The summed E-state index contributed by atoms with van der Waals surface area (Å²) in [6.07, 6.45) is 3.48. The fraction of sp³-hybridized carbons (Fsp3) is 0. The van der Waals surface area contributed by atoms with E-state index in [1.807, 2.05) is 42.6 Å². The van der Waals surface area contributed by atoms with Crippen LogP contribution in [0.2, 0.25) is 0 Å². The van der Waals surface area contributed by atoms with Crippen molar-refractivity contribution in [1.29, 1.82) is 5.26 Å². The molecule has 0 aliphatic heterocycles. The Morgan fingerprint density at radius 2 is 2.04 bits per heavy atom. The molecule has 0 radical (unpaired) electrons. The van der Waals surface area contributed by atoms with Crippen LogP contribution < -0.4 is 11.1 Å². The summed E-state index contributed by atoms with van der Waals surface area (Å²) in [5.41, 5.74) is 10.5. The Hall–Kier alpha value is -3.52. The van der Waals surface area contributed by atoms with E-state index in [0.717, 1.165) is 33.2 Å². The highest BCUT2D eigenvalue weighted by atomic mass is 14.9. The molecule has 0 spiro atoms. The summed E-state index contributed by atoms with van der Waals surface area (Å²) in [5, 5.41) is 14.7. The average molecular weight is 299 g/mol. The van der Waals surface area contributed by atoms with E-state index in [0.29, 0.717) is 11.3 Å². The van der Waals surface area contributed by atoms with E-state index >= 15 is 0 Å². The molecular weight excluding hydrogens is 286 g/mol. The van der Waals surface area contributed by atoms with E-state index < -0.39 is 0 Å². The number of nitriles is 1. The third-order valence-electron chi connectivity index (χ3n) is 3.84. The molecule has 23 heavy (non-hydrogen) atoms. The first-order chi connectivity index (χ1) is 11.2. The minimum Gasteiger partial charge on any atom is -0.399 e. The third-order valence-corrected chi connectivity index (χ3v) is 3.84. The van der Waals surface area contributed by atoms with Crippen molar-refractivity contribution in [3.05, 3.63) is 60.4 Å². The molecule has 0 atom stereocenters. The lowest BCUT2D eigenvalue weighted by Crippen LogP contribution is -1.97. The Morgan fingerprint density at radius 1 is 1.13 bits per heavy atom. The molecule has 0 unspecified atom stereocenters. The SMILES string of the molecule is N#Cc1cnc2ccc(N)cc2c1Nc1ccc2[nH]ccc2c1. The van der Waals surface area contributed by atoms with Crippen molar-refractivity contribution in [2.75, 3.05) is 11.1 Å². The molecular formula is C18H13N5. The summed E-state index contributed by atoms with van der Waals surface area (Å²) in [7, 11) is 0. The Labute approximate surface area is 132 Å². The van der Waals surface area contributed by atoms with E-state index in [9.17, 15) is 5.26 Å². The molecule has 0 fully saturated rings. The second-order valence-electron chi connectivity index (χ2n) is 5.34. The number of rotatable bonds is 2. The van der Waals surface area contributed by atoms with Crippen LogP contribution in [0.25, 0.3) is 21.8 Å². The van der Waals surface area contributed by atoms with Crippen LogP contribution in [0.4, 0.5) is 17.1 Å². The van der Waals surface area contributed by atoms with Gasteiger partial charge in [-0.15, -0.1) is 0 Å². The number of nitrogens with two attached hydrogens (primary N) is 1. The van der Waals surface area contributed by atoms with Crippen molar-refractivity contribution in [3.63, 3.8) is 0 Å². The average Bonchev–Trinajstić information content (AvgIpc) is 3.03. The van der Waals surface area contributed by atoms with Crippen LogP contribution in [-0.4, -0.2) is 9.97 Å². The first-order valence-corrected chi connectivity index (χ1v) is 7.17. The fourth-order valence-electron chi connectivity index (χ4n) is 2.71. The molecule has 0 aliphatic rings. The second kappa shape index (κ2) is 5.04. The van der Waals surface area contributed by atoms with Crippen LogP contribution in [-0.2, 0) is 0 Å². The Morgan fingerprint density at radius 3 is 2.91 bits per heavy atom. The largest absolute Gasteiger partial charge is 0.399 e. The Balaban J connectivity index is 1.89. The molecule has 0 aliphatic carbocycles. The van der Waals surface area contributed by atoms with E-state index in [1.54, 1.807) is 12.3 Å². The van der Waals surface area contributed by atoms with Gasteiger partial charge in [0.25, 0.3) is 0 Å². The number of benzene rings is 2. The molecule has 4 N–H and O–H groups in total. The minimum atomic E-state index is 0.484. The highest BCUT2D eigenvalue weighted by Gasteiger charge is 2.10. The molecule has 2 aromatic heterocycles. The summed E-state index contributed by atoms with van der Waals surface area (Å²) in [5.74, 6) is 0. The minimum absolute atomic E-state index is 0.484. The fourth-order valence-corrected chi connectivity index (χ4v) is 2.71. The standard InChI is InChI=1S/C18H13N5/c19-9-12-10-22-17-3-1-13(20)8-15(17)18(12)23-14-2-4-16-11(7-14)5-6-21-16/h1-8,10,21H,20H2,(H,22,23). The van der Waals surface area contributed by atoms with Gasteiger partial charge in [0.2, 0.25) is 0 Å². The molecule has 2 aromatic carbocycles. The number of aromatic amines is 1. The van der Waals surface area contributed by atoms with Crippen LogP contribution >= 0.6 is 0 Å². The number of nitrogens with one attached hydrogen (secondary N) is 2. The predicted molar refractivity (Wildman–Crippen MR) is 92.5 cm³/mol. The summed E-state index contributed by atoms with van der Waals surface area (Å²) in [6, 6.07) is 15.7. The van der Waals surface area contributed by atoms with Gasteiger partial charge in [-0.05, 0) is 42.5 Å². The van der Waals surface area contributed by atoms with E-state index in [2.05, 4.69) is 21.4 Å². The van der Waals surface area contributed by atoms with Crippen LogP contribution in [0.3, 0.4) is 0 Å². The van der Waals surface area contributed by atoms with Gasteiger partial charge in [-0.1, -0.05) is 0 Å². The van der Waals surface area contributed by atoms with Crippen LogP contribution in [0.1, 0.15) is 5.56 Å². The highest BCUT2D eigenvalue weighted by molar-refractivity contribution is 5.98. The number of hydrogen-bond donors (Lipinski definition) is 3. The van der Waals surface area contributed by atoms with Crippen molar-refractivity contribution in [3.8, 4) is 6.07 Å². The van der Waals surface area contributed by atoms with Gasteiger partial charge in [-0.3, -0.25) is 4.98 Å². The monoisotopic (exact) mass is 299 g/mol. The zero-order chi connectivity index (χ0) is 15.8. The summed E-state index contributed by atoms with van der Waals surface area (Å²) in [4.78, 5) is 7.48. The number of nitrogens with zero attached hydrogens (tertiary/aromatic N) is 2. The van der Waals surface area contributed by atoms with Crippen LogP contribution in [0.5, 0.6) is 0 Å². The van der Waals surface area contributed by atoms with Gasteiger partial charge in [-0.25, -0.2) is 0 Å². The zero-order valence-electron chi connectivity index (χ0n) is 12.2. The lowest BCUT2D eigenvalue weighted by atomic mass is 10.1. The highest BCUT2D eigenvalue weighted by Crippen LogP contribution is 2.31. The quantitative estimate of drug-likeness (QED) is 0.489. The molecule has 110 valence electrons. The summed E-state index contributed by atoms with van der Waals surface area (Å²) >= 11 is 0. The second-order valence-corrected chi connectivity index (χ2v) is 5.34. The van der Waals surface area contributed by atoms with Crippen molar-refractivity contribution in [1.82, 2.24) is 9.97 Å². The third kappa shape index (κ3) is 2.23. The van der Waals surface area contributed by atoms with Crippen molar-refractivity contribution < 1.29 is 0 Å². The number of fused-ring (bicyclic) bond motifs is 2. The number of anilines is 3. The molecule has 5 nitrogen and oxygen atoms in total. The van der Waals surface area contributed by atoms with Crippen LogP contribution in [0, 0.1) is 11.3 Å². The molecule has 2 heterocycles. The number of aromatic nitrogens is 2. The Kier molecular flexibility index (Phi) is 2.88. The maximum absolute atomic E-state index is 9.40. The topological polar surface area (TPSA) is 90.5 Å². The number of nitrogen functional groups attached to an aromatic ring is 1. The van der Waals surface area contributed by atoms with Gasteiger partial charge in [0.1, 0.15) is 6.07 Å². The van der Waals surface area contributed by atoms with E-state index in [4.69, 9.17) is 5.73 Å². The zero-order valence-corrected chi connectivity index (χ0v) is 12.2. The summed E-state index contributed by atoms with van der Waals surface area (Å²) in [6.45, 7) is 0. The molecule has 0 bridgehead atoms. The molecule has 0 amide bonds. The molecule has 4 rings (SSSR count). The van der Waals surface area contributed by atoms with Crippen molar-refractivity contribution in [2.45, 2.75) is 0 Å². The van der Waals surface area contributed by atoms with E-state index in [-0.39, 0.29) is 0 Å². The normalized spacial score (nSPS) is 10.7. The van der Waals surface area contributed by atoms with Gasteiger partial charge in [-0.2, -0.15) is 5.26 Å². The van der Waals surface area contributed by atoms with Crippen LogP contribution in [0.15, 0.2) is 54.9 Å². The smallest absolute Gasteiger partial charge is 0.103 e. The molecule has 0 saturated heterocycles. The maximum atomic E-state index is 9.40. The first kappa shape index (κ1) is 13.2. The van der Waals surface area contributed by atoms with Crippen molar-refractivity contribution in [2.24, 2.45) is 0 Å². The number of pyridine rings is 1. The van der Waals surface area contributed by atoms with Gasteiger partial charge in [0.15, 0.2) is 0 Å². The van der Waals surface area contributed by atoms with Crippen molar-refractivity contribution >= 4 is 38.9 Å².